The molecule has 2 heterocycles. The monoisotopic (exact) mass is 361 g/mol. The fourth-order valence-corrected chi connectivity index (χ4v) is 2.99. The van der Waals surface area contributed by atoms with Gasteiger partial charge in [-0.3, -0.25) is 24.6 Å². The summed E-state index contributed by atoms with van der Waals surface area (Å²) < 4.78 is 5.31. The first-order valence-electron chi connectivity index (χ1n) is 9.07. The van der Waals surface area contributed by atoms with Gasteiger partial charge in [0.25, 0.3) is 0 Å². The molecule has 1 aromatic rings. The van der Waals surface area contributed by atoms with Gasteiger partial charge in [-0.2, -0.15) is 0 Å². The lowest BCUT2D eigenvalue weighted by atomic mass is 10.0. The SMILES string of the molecule is NC(=O)c1ccccc1CCCN1CCOCC1.O=C1CCCC(=O)N1. The third-order valence-electron chi connectivity index (χ3n) is 4.39. The molecular weight excluding hydrogens is 334 g/mol. The quantitative estimate of drug-likeness (QED) is 0.758. The number of morpholine rings is 1. The predicted molar refractivity (Wildman–Crippen MR) is 97.5 cm³/mol. The number of nitrogens with two attached hydrogens (primary N) is 1. The number of rotatable bonds is 5. The fraction of sp³-hybridized carbons (Fsp3) is 0.526. The highest BCUT2D eigenvalue weighted by Gasteiger charge is 2.13. The summed E-state index contributed by atoms with van der Waals surface area (Å²) in [6, 6.07) is 7.59. The van der Waals surface area contributed by atoms with E-state index in [1.54, 1.807) is 6.07 Å². The lowest BCUT2D eigenvalue weighted by molar-refractivity contribution is -0.132. The molecule has 142 valence electrons. The van der Waals surface area contributed by atoms with Crippen molar-refractivity contribution >= 4 is 17.7 Å². The Kier molecular flexibility index (Phi) is 8.24. The third-order valence-corrected chi connectivity index (χ3v) is 4.39. The molecule has 0 aromatic heterocycles. The number of hydrogen-bond donors (Lipinski definition) is 2. The summed E-state index contributed by atoms with van der Waals surface area (Å²) in [6.07, 6.45) is 3.67. The van der Waals surface area contributed by atoms with Gasteiger partial charge in [-0.1, -0.05) is 18.2 Å². The van der Waals surface area contributed by atoms with Gasteiger partial charge >= 0.3 is 0 Å². The zero-order valence-electron chi connectivity index (χ0n) is 15.0. The van der Waals surface area contributed by atoms with Crippen molar-refractivity contribution in [3.05, 3.63) is 35.4 Å². The number of nitrogens with one attached hydrogen (secondary N) is 1. The van der Waals surface area contributed by atoms with Crippen molar-refractivity contribution in [2.75, 3.05) is 32.8 Å². The number of benzene rings is 1. The molecule has 2 aliphatic rings. The number of hydrogen-bond acceptors (Lipinski definition) is 5. The molecule has 3 rings (SSSR count). The average Bonchev–Trinajstić information content (AvgIpc) is 2.63. The van der Waals surface area contributed by atoms with Gasteiger partial charge in [-0.15, -0.1) is 0 Å². The number of piperidine rings is 1. The van der Waals surface area contributed by atoms with Crippen LogP contribution in [0.2, 0.25) is 0 Å². The Morgan fingerprint density at radius 1 is 1.12 bits per heavy atom. The van der Waals surface area contributed by atoms with E-state index in [-0.39, 0.29) is 17.7 Å². The van der Waals surface area contributed by atoms with Gasteiger partial charge in [-0.05, 0) is 37.4 Å². The molecule has 2 fully saturated rings. The molecular formula is C19H27N3O4. The van der Waals surface area contributed by atoms with Gasteiger partial charge in [0, 0.05) is 31.5 Å². The molecule has 0 aliphatic carbocycles. The first kappa shape index (κ1) is 20.1. The zero-order chi connectivity index (χ0) is 18.8. The maximum atomic E-state index is 11.3. The van der Waals surface area contributed by atoms with E-state index < -0.39 is 0 Å². The van der Waals surface area contributed by atoms with Crippen LogP contribution in [-0.2, 0) is 20.7 Å². The van der Waals surface area contributed by atoms with Gasteiger partial charge in [0.2, 0.25) is 17.7 Å². The smallest absolute Gasteiger partial charge is 0.248 e. The number of carbonyl (C=O) groups is 3. The largest absolute Gasteiger partial charge is 0.379 e. The van der Waals surface area contributed by atoms with Crippen LogP contribution in [0.15, 0.2) is 24.3 Å². The number of amides is 3. The zero-order valence-corrected chi connectivity index (χ0v) is 15.0. The predicted octanol–water partition coefficient (Wildman–Crippen LogP) is 0.863. The summed E-state index contributed by atoms with van der Waals surface area (Å²) in [7, 11) is 0. The summed E-state index contributed by atoms with van der Waals surface area (Å²) in [5.41, 5.74) is 7.07. The lowest BCUT2D eigenvalue weighted by Crippen LogP contribution is -2.37. The van der Waals surface area contributed by atoms with E-state index in [4.69, 9.17) is 10.5 Å². The summed E-state index contributed by atoms with van der Waals surface area (Å²) in [6.45, 7) is 4.74. The first-order chi connectivity index (χ1) is 12.6. The summed E-state index contributed by atoms with van der Waals surface area (Å²) in [5.74, 6) is -0.612. The van der Waals surface area contributed by atoms with Gasteiger partial charge in [0.1, 0.15) is 0 Å². The Labute approximate surface area is 153 Å². The van der Waals surface area contributed by atoms with E-state index in [1.165, 1.54) is 0 Å². The molecule has 0 spiro atoms. The number of primary amides is 1. The Morgan fingerprint density at radius 2 is 1.77 bits per heavy atom. The van der Waals surface area contributed by atoms with Crippen LogP contribution >= 0.6 is 0 Å². The second kappa shape index (κ2) is 10.7. The fourth-order valence-electron chi connectivity index (χ4n) is 2.99. The molecule has 0 saturated carbocycles. The van der Waals surface area contributed by atoms with Crippen molar-refractivity contribution in [1.29, 1.82) is 0 Å². The van der Waals surface area contributed by atoms with Crippen LogP contribution in [0, 0.1) is 0 Å². The van der Waals surface area contributed by atoms with Crippen LogP contribution in [0.25, 0.3) is 0 Å². The molecule has 2 saturated heterocycles. The van der Waals surface area contributed by atoms with Crippen molar-refractivity contribution in [3.63, 3.8) is 0 Å². The number of carbonyl (C=O) groups excluding carboxylic acids is 3. The molecule has 0 radical (unpaired) electrons. The maximum Gasteiger partial charge on any atom is 0.248 e. The second-order valence-electron chi connectivity index (χ2n) is 6.40. The number of imide groups is 1. The van der Waals surface area contributed by atoms with Crippen LogP contribution in [-0.4, -0.2) is 55.5 Å². The van der Waals surface area contributed by atoms with E-state index in [2.05, 4.69) is 10.2 Å². The van der Waals surface area contributed by atoms with Crippen LogP contribution in [0.1, 0.15) is 41.6 Å². The third kappa shape index (κ3) is 6.93. The van der Waals surface area contributed by atoms with Crippen molar-refractivity contribution in [2.24, 2.45) is 5.73 Å². The van der Waals surface area contributed by atoms with Gasteiger partial charge in [-0.25, -0.2) is 0 Å². The molecule has 3 amide bonds. The van der Waals surface area contributed by atoms with Gasteiger partial charge in [0.15, 0.2) is 0 Å². The van der Waals surface area contributed by atoms with Crippen molar-refractivity contribution in [2.45, 2.75) is 32.1 Å². The number of aryl methyl sites for hydroxylation is 1. The molecule has 3 N–H and O–H groups in total. The summed E-state index contributed by atoms with van der Waals surface area (Å²) in [4.78, 5) is 34.4. The standard InChI is InChI=1S/C14H20N2O2.C5H7NO2/c15-14(17)13-6-2-1-4-12(13)5-3-7-16-8-10-18-11-9-16;7-4-2-1-3-5(8)6-4/h1-2,4,6H,3,5,7-11H2,(H2,15,17);1-3H2,(H,6,7,8). The van der Waals surface area contributed by atoms with Crippen molar-refractivity contribution in [3.8, 4) is 0 Å². The normalized spacial score (nSPS) is 17.8. The average molecular weight is 361 g/mol. The topological polar surface area (TPSA) is 102 Å². The van der Waals surface area contributed by atoms with E-state index >= 15 is 0 Å². The molecule has 2 aliphatic heterocycles. The molecule has 7 nitrogen and oxygen atoms in total. The van der Waals surface area contributed by atoms with E-state index in [1.807, 2.05) is 18.2 Å². The Morgan fingerprint density at radius 3 is 2.35 bits per heavy atom. The maximum absolute atomic E-state index is 11.3. The van der Waals surface area contributed by atoms with Crippen LogP contribution < -0.4 is 11.1 Å². The lowest BCUT2D eigenvalue weighted by Gasteiger charge is -2.26. The molecule has 26 heavy (non-hydrogen) atoms. The minimum atomic E-state index is -0.336. The summed E-state index contributed by atoms with van der Waals surface area (Å²) >= 11 is 0. The van der Waals surface area contributed by atoms with Crippen LogP contribution in [0.5, 0.6) is 0 Å². The Hall–Kier alpha value is -2.25. The number of nitrogens with zero attached hydrogens (tertiary/aromatic N) is 1. The molecule has 0 unspecified atom stereocenters. The first-order valence-corrected chi connectivity index (χ1v) is 9.07. The van der Waals surface area contributed by atoms with Crippen LogP contribution in [0.3, 0.4) is 0 Å². The minimum Gasteiger partial charge on any atom is -0.379 e. The Bertz CT molecular complexity index is 613. The van der Waals surface area contributed by atoms with Gasteiger partial charge < -0.3 is 10.5 Å². The van der Waals surface area contributed by atoms with Crippen LogP contribution in [0.4, 0.5) is 0 Å². The Balaban J connectivity index is 0.000000254. The highest BCUT2D eigenvalue weighted by atomic mass is 16.5. The molecule has 7 heteroatoms. The van der Waals surface area contributed by atoms with E-state index in [0.717, 1.165) is 51.3 Å². The van der Waals surface area contributed by atoms with E-state index in [9.17, 15) is 14.4 Å². The van der Waals surface area contributed by atoms with Crippen molar-refractivity contribution < 1.29 is 19.1 Å². The minimum absolute atomic E-state index is 0.138. The second-order valence-corrected chi connectivity index (χ2v) is 6.40. The highest BCUT2D eigenvalue weighted by molar-refractivity contribution is 5.97. The summed E-state index contributed by atoms with van der Waals surface area (Å²) in [5, 5.41) is 2.20. The highest BCUT2D eigenvalue weighted by Crippen LogP contribution is 2.11. The molecule has 0 bridgehead atoms. The van der Waals surface area contributed by atoms with Gasteiger partial charge in [0.05, 0.1) is 13.2 Å². The van der Waals surface area contributed by atoms with Crippen molar-refractivity contribution in [1.82, 2.24) is 10.2 Å². The number of ether oxygens (including phenoxy) is 1. The van der Waals surface area contributed by atoms with E-state index in [0.29, 0.717) is 24.8 Å². The molecule has 0 atom stereocenters. The molecule has 1 aromatic carbocycles.